The van der Waals surface area contributed by atoms with Crippen molar-refractivity contribution < 1.29 is 4.79 Å². The standard InChI is InChI=1S/C14H15ClN4O/c1-8-17-13(19-18-8)7-16-14(20)12-6-11(12)9-2-4-10(15)5-3-9/h2-5,11-12H,6-7H2,1H3,(H,16,20)(H,17,18,19). The molecule has 1 saturated carbocycles. The molecule has 2 unspecified atom stereocenters. The van der Waals surface area contributed by atoms with Crippen LogP contribution in [0.3, 0.4) is 0 Å². The zero-order chi connectivity index (χ0) is 14.1. The van der Waals surface area contributed by atoms with Crippen LogP contribution in [-0.4, -0.2) is 21.1 Å². The highest BCUT2D eigenvalue weighted by molar-refractivity contribution is 6.30. The zero-order valence-corrected chi connectivity index (χ0v) is 11.8. The number of aromatic nitrogens is 3. The summed E-state index contributed by atoms with van der Waals surface area (Å²) < 4.78 is 0. The van der Waals surface area contributed by atoms with E-state index in [9.17, 15) is 4.79 Å². The summed E-state index contributed by atoms with van der Waals surface area (Å²) in [6.45, 7) is 2.20. The second kappa shape index (κ2) is 5.25. The van der Waals surface area contributed by atoms with Crippen molar-refractivity contribution in [3.8, 4) is 0 Å². The lowest BCUT2D eigenvalue weighted by molar-refractivity contribution is -0.122. The van der Waals surface area contributed by atoms with Crippen LogP contribution in [0.25, 0.3) is 0 Å². The van der Waals surface area contributed by atoms with E-state index in [0.29, 0.717) is 18.3 Å². The van der Waals surface area contributed by atoms with Gasteiger partial charge in [0.15, 0.2) is 5.82 Å². The molecule has 0 radical (unpaired) electrons. The van der Waals surface area contributed by atoms with Crippen molar-refractivity contribution in [3.63, 3.8) is 0 Å². The van der Waals surface area contributed by atoms with Crippen LogP contribution < -0.4 is 5.32 Å². The van der Waals surface area contributed by atoms with Gasteiger partial charge in [-0.3, -0.25) is 9.89 Å². The first-order chi connectivity index (χ1) is 9.63. The minimum absolute atomic E-state index is 0.0521. The third kappa shape index (κ3) is 2.82. The second-order valence-corrected chi connectivity index (χ2v) is 5.49. The van der Waals surface area contributed by atoms with Gasteiger partial charge in [0.05, 0.1) is 6.54 Å². The molecule has 2 atom stereocenters. The molecule has 1 aliphatic carbocycles. The van der Waals surface area contributed by atoms with Crippen molar-refractivity contribution in [3.05, 3.63) is 46.5 Å². The number of hydrogen-bond acceptors (Lipinski definition) is 3. The molecule has 1 aliphatic rings. The Balaban J connectivity index is 1.53. The molecule has 1 aromatic carbocycles. The zero-order valence-electron chi connectivity index (χ0n) is 11.1. The van der Waals surface area contributed by atoms with Gasteiger partial charge >= 0.3 is 0 Å². The minimum Gasteiger partial charge on any atom is -0.348 e. The summed E-state index contributed by atoms with van der Waals surface area (Å²) in [6.07, 6.45) is 0.889. The molecule has 3 rings (SSSR count). The Morgan fingerprint density at radius 1 is 1.45 bits per heavy atom. The maximum atomic E-state index is 12.0. The summed E-state index contributed by atoms with van der Waals surface area (Å²) in [5.41, 5.74) is 1.17. The Morgan fingerprint density at radius 2 is 2.20 bits per heavy atom. The first-order valence-electron chi connectivity index (χ1n) is 6.54. The third-order valence-electron chi connectivity index (χ3n) is 3.49. The predicted molar refractivity (Wildman–Crippen MR) is 75.3 cm³/mol. The molecule has 20 heavy (non-hydrogen) atoms. The van der Waals surface area contributed by atoms with Gasteiger partial charge in [0, 0.05) is 10.9 Å². The smallest absolute Gasteiger partial charge is 0.224 e. The number of carbonyl (C=O) groups excluding carboxylic acids is 1. The van der Waals surface area contributed by atoms with Crippen LogP contribution in [0.5, 0.6) is 0 Å². The Hall–Kier alpha value is -1.88. The number of hydrogen-bond donors (Lipinski definition) is 2. The van der Waals surface area contributed by atoms with Gasteiger partial charge in [0.2, 0.25) is 5.91 Å². The van der Waals surface area contributed by atoms with Crippen molar-refractivity contribution in [2.24, 2.45) is 5.92 Å². The monoisotopic (exact) mass is 290 g/mol. The van der Waals surface area contributed by atoms with Gasteiger partial charge in [0.25, 0.3) is 0 Å². The average Bonchev–Trinajstić information content (AvgIpc) is 3.13. The van der Waals surface area contributed by atoms with Crippen LogP contribution in [0, 0.1) is 12.8 Å². The van der Waals surface area contributed by atoms with Crippen molar-refractivity contribution in [1.82, 2.24) is 20.5 Å². The lowest BCUT2D eigenvalue weighted by Gasteiger charge is -2.02. The summed E-state index contributed by atoms with van der Waals surface area (Å²) >= 11 is 5.86. The number of halogens is 1. The topological polar surface area (TPSA) is 70.7 Å². The van der Waals surface area contributed by atoms with E-state index in [-0.39, 0.29) is 11.8 Å². The lowest BCUT2D eigenvalue weighted by Crippen LogP contribution is -2.25. The first-order valence-corrected chi connectivity index (χ1v) is 6.92. The fourth-order valence-electron chi connectivity index (χ4n) is 2.33. The molecule has 6 heteroatoms. The van der Waals surface area contributed by atoms with Crippen LogP contribution in [0.15, 0.2) is 24.3 Å². The molecule has 1 heterocycles. The Kier molecular flexibility index (Phi) is 3.44. The molecule has 1 aromatic heterocycles. The highest BCUT2D eigenvalue weighted by Crippen LogP contribution is 2.47. The van der Waals surface area contributed by atoms with E-state index in [0.717, 1.165) is 17.3 Å². The normalized spacial score (nSPS) is 20.7. The van der Waals surface area contributed by atoms with Crippen LogP contribution in [0.2, 0.25) is 5.02 Å². The number of nitrogens with one attached hydrogen (secondary N) is 2. The second-order valence-electron chi connectivity index (χ2n) is 5.06. The largest absolute Gasteiger partial charge is 0.348 e. The third-order valence-corrected chi connectivity index (χ3v) is 3.74. The first kappa shape index (κ1) is 13.1. The minimum atomic E-state index is 0.0521. The number of nitrogens with zero attached hydrogens (tertiary/aromatic N) is 2. The molecule has 1 amide bonds. The summed E-state index contributed by atoms with van der Waals surface area (Å²) in [7, 11) is 0. The van der Waals surface area contributed by atoms with E-state index in [1.54, 1.807) is 0 Å². The summed E-state index contributed by atoms with van der Waals surface area (Å²) in [5.74, 6) is 1.78. The van der Waals surface area contributed by atoms with E-state index in [1.165, 1.54) is 5.56 Å². The Morgan fingerprint density at radius 3 is 2.85 bits per heavy atom. The maximum absolute atomic E-state index is 12.0. The molecule has 5 nitrogen and oxygen atoms in total. The van der Waals surface area contributed by atoms with E-state index >= 15 is 0 Å². The molecule has 0 saturated heterocycles. The van der Waals surface area contributed by atoms with Gasteiger partial charge in [0.1, 0.15) is 5.82 Å². The molecule has 2 N–H and O–H groups in total. The number of aromatic amines is 1. The van der Waals surface area contributed by atoms with Crippen LogP contribution in [-0.2, 0) is 11.3 Å². The van der Waals surface area contributed by atoms with Crippen LogP contribution in [0.1, 0.15) is 29.6 Å². The van der Waals surface area contributed by atoms with Gasteiger partial charge in [-0.05, 0) is 37.0 Å². The van der Waals surface area contributed by atoms with Crippen LogP contribution >= 0.6 is 11.6 Å². The molecular formula is C14H15ClN4O. The summed E-state index contributed by atoms with van der Waals surface area (Å²) in [5, 5.41) is 10.3. The Bertz CT molecular complexity index is 622. The van der Waals surface area contributed by atoms with Crippen molar-refractivity contribution in [1.29, 1.82) is 0 Å². The average molecular weight is 291 g/mol. The molecule has 104 valence electrons. The predicted octanol–water partition coefficient (Wildman–Crippen LogP) is 2.19. The molecule has 2 aromatic rings. The van der Waals surface area contributed by atoms with Crippen LogP contribution in [0.4, 0.5) is 0 Å². The van der Waals surface area contributed by atoms with E-state index in [2.05, 4.69) is 20.5 Å². The molecule has 0 bridgehead atoms. The van der Waals surface area contributed by atoms with Gasteiger partial charge in [-0.25, -0.2) is 4.98 Å². The SMILES string of the molecule is Cc1nc(CNC(=O)C2CC2c2ccc(Cl)cc2)n[nH]1. The number of benzene rings is 1. The van der Waals surface area contributed by atoms with E-state index in [4.69, 9.17) is 11.6 Å². The fraction of sp³-hybridized carbons (Fsp3) is 0.357. The molecule has 1 fully saturated rings. The van der Waals surface area contributed by atoms with Crippen molar-refractivity contribution in [2.45, 2.75) is 25.8 Å². The summed E-state index contributed by atoms with van der Waals surface area (Å²) in [6, 6.07) is 7.69. The number of carbonyl (C=O) groups is 1. The lowest BCUT2D eigenvalue weighted by atomic mass is 10.1. The number of H-pyrrole nitrogens is 1. The number of rotatable bonds is 4. The summed E-state index contributed by atoms with van der Waals surface area (Å²) in [4.78, 5) is 16.2. The van der Waals surface area contributed by atoms with Gasteiger partial charge in [-0.15, -0.1) is 0 Å². The number of amides is 1. The Labute approximate surface area is 121 Å². The highest BCUT2D eigenvalue weighted by atomic mass is 35.5. The van der Waals surface area contributed by atoms with E-state index < -0.39 is 0 Å². The molecular weight excluding hydrogens is 276 g/mol. The maximum Gasteiger partial charge on any atom is 0.224 e. The van der Waals surface area contributed by atoms with Gasteiger partial charge in [-0.2, -0.15) is 5.10 Å². The number of aryl methyl sites for hydroxylation is 1. The van der Waals surface area contributed by atoms with E-state index in [1.807, 2.05) is 31.2 Å². The van der Waals surface area contributed by atoms with Crippen molar-refractivity contribution in [2.75, 3.05) is 0 Å². The highest BCUT2D eigenvalue weighted by Gasteiger charge is 2.43. The van der Waals surface area contributed by atoms with Gasteiger partial charge in [-0.1, -0.05) is 23.7 Å². The molecule has 0 spiro atoms. The van der Waals surface area contributed by atoms with Crippen molar-refractivity contribution >= 4 is 17.5 Å². The fourth-order valence-corrected chi connectivity index (χ4v) is 2.45. The quantitative estimate of drug-likeness (QED) is 0.907. The molecule has 0 aliphatic heterocycles. The van der Waals surface area contributed by atoms with Gasteiger partial charge < -0.3 is 5.32 Å².